The van der Waals surface area contributed by atoms with E-state index in [1.54, 1.807) is 7.11 Å². The second-order valence-electron chi connectivity index (χ2n) is 2.87. The molecule has 0 fully saturated rings. The van der Waals surface area contributed by atoms with Gasteiger partial charge in [0.1, 0.15) is 0 Å². The lowest BCUT2D eigenvalue weighted by atomic mass is 10.2. The maximum absolute atomic E-state index is 5.08. The molecule has 0 heterocycles. The summed E-state index contributed by atoms with van der Waals surface area (Å²) >= 11 is 0. The zero-order chi connectivity index (χ0) is 9.23. The van der Waals surface area contributed by atoms with Crippen molar-refractivity contribution < 1.29 is 4.74 Å². The third-order valence-corrected chi connectivity index (χ3v) is 1.76. The minimum Gasteiger partial charge on any atom is -0.378 e. The maximum Gasteiger partial charge on any atom is 0.0723 e. The molecule has 0 aliphatic rings. The molecule has 0 aliphatic heterocycles. The van der Waals surface area contributed by atoms with Crippen LogP contribution in [-0.4, -0.2) is 13.2 Å². The van der Waals surface area contributed by atoms with Gasteiger partial charge >= 0.3 is 0 Å². The summed E-state index contributed by atoms with van der Waals surface area (Å²) < 4.78 is 5.08. The largest absolute Gasteiger partial charge is 0.378 e. The molecule has 0 amide bonds. The van der Waals surface area contributed by atoms with Crippen LogP contribution < -0.4 is 0 Å². The van der Waals surface area contributed by atoms with E-state index in [1.807, 2.05) is 6.92 Å². The van der Waals surface area contributed by atoms with Crippen LogP contribution in [-0.2, 0) is 4.74 Å². The van der Waals surface area contributed by atoms with Gasteiger partial charge in [0.05, 0.1) is 6.10 Å². The van der Waals surface area contributed by atoms with Crippen molar-refractivity contribution in [2.24, 2.45) is 0 Å². The van der Waals surface area contributed by atoms with E-state index in [9.17, 15) is 0 Å². The fourth-order valence-corrected chi connectivity index (χ4v) is 0.887. The van der Waals surface area contributed by atoms with Crippen LogP contribution in [0.15, 0.2) is 24.3 Å². The van der Waals surface area contributed by atoms with Crippen LogP contribution in [0.2, 0.25) is 0 Å². The van der Waals surface area contributed by atoms with Gasteiger partial charge in [-0.15, -0.1) is 0 Å². The second-order valence-corrected chi connectivity index (χ2v) is 2.87. The van der Waals surface area contributed by atoms with Gasteiger partial charge in [-0.1, -0.05) is 24.3 Å². The van der Waals surface area contributed by atoms with E-state index in [0.29, 0.717) is 0 Å². The number of hydrogen-bond acceptors (Lipinski definition) is 1. The molecule has 0 N–H and O–H groups in total. The monoisotopic (exact) mass is 168 g/mol. The van der Waals surface area contributed by atoms with Gasteiger partial charge in [-0.25, -0.2) is 0 Å². The lowest BCUT2D eigenvalue weighted by molar-refractivity contribution is 0.156. The molecule has 0 saturated carbocycles. The highest BCUT2D eigenvalue weighted by Crippen LogP contribution is 1.99. The minimum absolute atomic E-state index is 0.256. The van der Waals surface area contributed by atoms with E-state index in [0.717, 1.165) is 6.42 Å². The lowest BCUT2D eigenvalue weighted by Crippen LogP contribution is -1.98. The van der Waals surface area contributed by atoms with Crippen molar-refractivity contribution in [3.8, 4) is 0 Å². The van der Waals surface area contributed by atoms with E-state index in [2.05, 4.69) is 31.2 Å². The number of rotatable bonds is 6. The Kier molecular flexibility index (Phi) is 8.14. The molecule has 0 bridgehead atoms. The number of methoxy groups -OCH3 is 1. The first-order valence-electron chi connectivity index (χ1n) is 4.62. The van der Waals surface area contributed by atoms with Crippen molar-refractivity contribution in [3.63, 3.8) is 0 Å². The first kappa shape index (κ1) is 11.4. The third-order valence-electron chi connectivity index (χ3n) is 1.76. The lowest BCUT2D eigenvalue weighted by Gasteiger charge is -2.00. The van der Waals surface area contributed by atoms with Crippen LogP contribution in [0, 0.1) is 0 Å². The van der Waals surface area contributed by atoms with Gasteiger partial charge in [-0.05, 0) is 33.1 Å². The van der Waals surface area contributed by atoms with Crippen molar-refractivity contribution in [3.05, 3.63) is 24.3 Å². The van der Waals surface area contributed by atoms with Crippen LogP contribution in [0.4, 0.5) is 0 Å². The molecule has 0 spiro atoms. The van der Waals surface area contributed by atoms with Crippen LogP contribution in [0.3, 0.4) is 0 Å². The van der Waals surface area contributed by atoms with Crippen LogP contribution in [0.25, 0.3) is 0 Å². The zero-order valence-corrected chi connectivity index (χ0v) is 8.42. The molecule has 0 aliphatic carbocycles. The molecule has 0 aromatic heterocycles. The zero-order valence-electron chi connectivity index (χ0n) is 8.42. The Morgan fingerprint density at radius 1 is 1.25 bits per heavy atom. The average molecular weight is 168 g/mol. The highest BCUT2D eigenvalue weighted by molar-refractivity contribution is 4.88. The Labute approximate surface area is 76.1 Å². The molecule has 12 heavy (non-hydrogen) atoms. The Hall–Kier alpha value is -0.560. The van der Waals surface area contributed by atoms with Crippen molar-refractivity contribution in [1.29, 1.82) is 0 Å². The summed E-state index contributed by atoms with van der Waals surface area (Å²) in [6.07, 6.45) is 12.4. The Morgan fingerprint density at radius 2 is 1.92 bits per heavy atom. The Bertz CT molecular complexity index is 136. The molecular weight excluding hydrogens is 148 g/mol. The van der Waals surface area contributed by atoms with Gasteiger partial charge in [0.25, 0.3) is 0 Å². The summed E-state index contributed by atoms with van der Waals surface area (Å²) in [5.74, 6) is 0. The van der Waals surface area contributed by atoms with E-state index in [-0.39, 0.29) is 6.10 Å². The molecule has 0 aromatic rings. The van der Waals surface area contributed by atoms with Crippen molar-refractivity contribution in [1.82, 2.24) is 0 Å². The van der Waals surface area contributed by atoms with E-state index in [1.165, 1.54) is 12.8 Å². The maximum atomic E-state index is 5.08. The Morgan fingerprint density at radius 3 is 2.50 bits per heavy atom. The van der Waals surface area contributed by atoms with Gasteiger partial charge in [0, 0.05) is 7.11 Å². The molecule has 0 radical (unpaired) electrons. The molecule has 1 nitrogen and oxygen atoms in total. The van der Waals surface area contributed by atoms with Gasteiger partial charge in [-0.2, -0.15) is 0 Å². The van der Waals surface area contributed by atoms with Crippen LogP contribution in [0.1, 0.15) is 33.1 Å². The van der Waals surface area contributed by atoms with Crippen molar-refractivity contribution >= 4 is 0 Å². The number of unbranched alkanes of at least 4 members (excludes halogenated alkanes) is 2. The summed E-state index contributed by atoms with van der Waals surface area (Å²) in [4.78, 5) is 0. The quantitative estimate of drug-likeness (QED) is 0.436. The SMILES string of the molecule is CC=CCCCC=CC(C)OC. The highest BCUT2D eigenvalue weighted by atomic mass is 16.5. The molecule has 0 rings (SSSR count). The van der Waals surface area contributed by atoms with Crippen LogP contribution >= 0.6 is 0 Å². The summed E-state index contributed by atoms with van der Waals surface area (Å²) in [6.45, 7) is 4.10. The van der Waals surface area contributed by atoms with Crippen LogP contribution in [0.5, 0.6) is 0 Å². The van der Waals surface area contributed by atoms with Gasteiger partial charge < -0.3 is 4.74 Å². The summed E-state index contributed by atoms with van der Waals surface area (Å²) in [7, 11) is 1.73. The highest BCUT2D eigenvalue weighted by Gasteiger charge is 1.88. The number of ether oxygens (including phenoxy) is 1. The summed E-state index contributed by atoms with van der Waals surface area (Å²) in [5.41, 5.74) is 0. The van der Waals surface area contributed by atoms with Gasteiger partial charge in [-0.3, -0.25) is 0 Å². The molecule has 0 aromatic carbocycles. The first-order valence-corrected chi connectivity index (χ1v) is 4.62. The minimum atomic E-state index is 0.256. The van der Waals surface area contributed by atoms with Gasteiger partial charge in [0.2, 0.25) is 0 Å². The smallest absolute Gasteiger partial charge is 0.0723 e. The molecule has 0 saturated heterocycles. The molecule has 1 unspecified atom stereocenters. The summed E-state index contributed by atoms with van der Waals surface area (Å²) in [6, 6.07) is 0. The average Bonchev–Trinajstić information content (AvgIpc) is 2.10. The van der Waals surface area contributed by atoms with Crippen molar-refractivity contribution in [2.75, 3.05) is 7.11 Å². The summed E-state index contributed by atoms with van der Waals surface area (Å²) in [5, 5.41) is 0. The second kappa shape index (κ2) is 8.54. The predicted molar refractivity (Wildman–Crippen MR) is 54.3 cm³/mol. The van der Waals surface area contributed by atoms with Gasteiger partial charge in [0.15, 0.2) is 0 Å². The molecule has 1 heteroatoms. The fraction of sp³-hybridized carbons (Fsp3) is 0.636. The van der Waals surface area contributed by atoms with E-state index < -0.39 is 0 Å². The Balaban J connectivity index is 3.24. The molecule has 1 atom stereocenters. The third kappa shape index (κ3) is 7.55. The fourth-order valence-electron chi connectivity index (χ4n) is 0.887. The number of hydrogen-bond donors (Lipinski definition) is 0. The topological polar surface area (TPSA) is 9.23 Å². The first-order chi connectivity index (χ1) is 5.81. The normalized spacial score (nSPS) is 14.6. The molecule has 70 valence electrons. The van der Waals surface area contributed by atoms with E-state index >= 15 is 0 Å². The standard InChI is InChI=1S/C11H20O/c1-4-5-6-7-8-9-10-11(2)12-3/h4-5,9-11H,6-8H2,1-3H3. The van der Waals surface area contributed by atoms with Crippen molar-refractivity contribution in [2.45, 2.75) is 39.2 Å². The number of allylic oxidation sites excluding steroid dienone is 3. The molecular formula is C11H20O. The van der Waals surface area contributed by atoms with E-state index in [4.69, 9.17) is 4.74 Å². The predicted octanol–water partition coefficient (Wildman–Crippen LogP) is 3.32.